The van der Waals surface area contributed by atoms with Crippen LogP contribution in [0.15, 0.2) is 48.5 Å². The van der Waals surface area contributed by atoms with Crippen molar-refractivity contribution in [3.05, 3.63) is 65.5 Å². The number of nitrogens with one attached hydrogen (secondary N) is 1. The molecule has 0 aliphatic heterocycles. The molecule has 3 nitrogen and oxygen atoms in total. The van der Waals surface area contributed by atoms with E-state index < -0.39 is 0 Å². The molecule has 1 amide bonds. The molecule has 0 saturated carbocycles. The van der Waals surface area contributed by atoms with Crippen LogP contribution in [0, 0.1) is 5.82 Å². The highest BCUT2D eigenvalue weighted by atomic mass is 19.1. The minimum atomic E-state index is -0.293. The normalized spacial score (nSPS) is 10.2. The monoisotopic (exact) mass is 272 g/mol. The van der Waals surface area contributed by atoms with Crippen LogP contribution in [0.1, 0.15) is 15.9 Å². The Hall–Kier alpha value is -2.36. The summed E-state index contributed by atoms with van der Waals surface area (Å²) in [5.74, 6) is -0.391. The van der Waals surface area contributed by atoms with Crippen LogP contribution in [-0.2, 0) is 6.54 Å². The second-order valence-electron chi connectivity index (χ2n) is 4.59. The molecule has 0 spiro atoms. The van der Waals surface area contributed by atoms with Crippen molar-refractivity contribution in [1.29, 1.82) is 0 Å². The quantitative estimate of drug-likeness (QED) is 0.927. The lowest BCUT2D eigenvalue weighted by atomic mass is 10.1. The van der Waals surface area contributed by atoms with Crippen LogP contribution in [0.5, 0.6) is 0 Å². The minimum absolute atomic E-state index is 0.0980. The van der Waals surface area contributed by atoms with E-state index in [4.69, 9.17) is 0 Å². The van der Waals surface area contributed by atoms with Crippen molar-refractivity contribution < 1.29 is 9.18 Å². The third kappa shape index (κ3) is 3.15. The SMILES string of the molecule is CNc1ccccc1C(=O)N(C)Cc1cccc(F)c1. The van der Waals surface area contributed by atoms with Crippen molar-refractivity contribution >= 4 is 11.6 Å². The van der Waals surface area contributed by atoms with Gasteiger partial charge in [0, 0.05) is 26.3 Å². The fraction of sp³-hybridized carbons (Fsp3) is 0.188. The van der Waals surface area contributed by atoms with Gasteiger partial charge in [0.2, 0.25) is 0 Å². The molecule has 0 unspecified atom stereocenters. The molecule has 104 valence electrons. The van der Waals surface area contributed by atoms with Crippen molar-refractivity contribution in [3.8, 4) is 0 Å². The summed E-state index contributed by atoms with van der Waals surface area (Å²) in [6.07, 6.45) is 0. The summed E-state index contributed by atoms with van der Waals surface area (Å²) in [5.41, 5.74) is 2.15. The number of hydrogen-bond acceptors (Lipinski definition) is 2. The molecule has 0 aromatic heterocycles. The molecule has 1 N–H and O–H groups in total. The highest BCUT2D eigenvalue weighted by Crippen LogP contribution is 2.17. The van der Waals surface area contributed by atoms with E-state index in [1.165, 1.54) is 12.1 Å². The number of halogens is 1. The maximum Gasteiger partial charge on any atom is 0.255 e. The van der Waals surface area contributed by atoms with Gasteiger partial charge >= 0.3 is 0 Å². The molecule has 0 bridgehead atoms. The molecule has 20 heavy (non-hydrogen) atoms. The summed E-state index contributed by atoms with van der Waals surface area (Å²) >= 11 is 0. The van der Waals surface area contributed by atoms with Gasteiger partial charge in [-0.1, -0.05) is 24.3 Å². The predicted molar refractivity (Wildman–Crippen MR) is 78.2 cm³/mol. The predicted octanol–water partition coefficient (Wildman–Crippen LogP) is 3.14. The van der Waals surface area contributed by atoms with Gasteiger partial charge in [-0.15, -0.1) is 0 Å². The maximum absolute atomic E-state index is 13.1. The number of carbonyl (C=O) groups is 1. The van der Waals surface area contributed by atoms with Crippen LogP contribution in [0.4, 0.5) is 10.1 Å². The molecule has 2 aromatic carbocycles. The molecule has 0 aliphatic rings. The van der Waals surface area contributed by atoms with Crippen LogP contribution in [0.25, 0.3) is 0 Å². The van der Waals surface area contributed by atoms with Gasteiger partial charge in [-0.25, -0.2) is 4.39 Å². The first-order chi connectivity index (χ1) is 9.61. The smallest absolute Gasteiger partial charge is 0.255 e. The lowest BCUT2D eigenvalue weighted by Gasteiger charge is -2.19. The lowest BCUT2D eigenvalue weighted by Crippen LogP contribution is -2.26. The second kappa shape index (κ2) is 6.19. The van der Waals surface area contributed by atoms with Crippen molar-refractivity contribution in [3.63, 3.8) is 0 Å². The number of amides is 1. The summed E-state index contributed by atoms with van der Waals surface area (Å²) in [6, 6.07) is 13.6. The first kappa shape index (κ1) is 14.1. The number of nitrogens with zero attached hydrogens (tertiary/aromatic N) is 1. The van der Waals surface area contributed by atoms with Crippen LogP contribution < -0.4 is 5.32 Å². The van der Waals surface area contributed by atoms with Gasteiger partial charge in [-0.05, 0) is 29.8 Å². The van der Waals surface area contributed by atoms with Gasteiger partial charge in [-0.2, -0.15) is 0 Å². The van der Waals surface area contributed by atoms with Crippen molar-refractivity contribution in [2.75, 3.05) is 19.4 Å². The Morgan fingerprint density at radius 1 is 1.20 bits per heavy atom. The number of hydrogen-bond donors (Lipinski definition) is 1. The van der Waals surface area contributed by atoms with E-state index in [2.05, 4.69) is 5.32 Å². The summed E-state index contributed by atoms with van der Waals surface area (Å²) in [4.78, 5) is 14.0. The van der Waals surface area contributed by atoms with Crippen molar-refractivity contribution in [2.45, 2.75) is 6.54 Å². The van der Waals surface area contributed by atoms with Crippen LogP contribution in [0.3, 0.4) is 0 Å². The molecule has 0 saturated heterocycles. The summed E-state index contributed by atoms with van der Waals surface area (Å²) in [6.45, 7) is 0.370. The van der Waals surface area contributed by atoms with Gasteiger partial charge < -0.3 is 10.2 Å². The fourth-order valence-electron chi connectivity index (χ4n) is 2.07. The van der Waals surface area contributed by atoms with Crippen molar-refractivity contribution in [2.24, 2.45) is 0 Å². The average Bonchev–Trinajstić information content (AvgIpc) is 2.46. The first-order valence-electron chi connectivity index (χ1n) is 6.38. The summed E-state index contributed by atoms with van der Waals surface area (Å²) in [5, 5.41) is 3.00. The molecule has 4 heteroatoms. The van der Waals surface area contributed by atoms with Gasteiger partial charge in [0.1, 0.15) is 5.82 Å². The maximum atomic E-state index is 13.1. The Morgan fingerprint density at radius 3 is 2.65 bits per heavy atom. The summed E-state index contributed by atoms with van der Waals surface area (Å²) < 4.78 is 13.1. The minimum Gasteiger partial charge on any atom is -0.387 e. The average molecular weight is 272 g/mol. The highest BCUT2D eigenvalue weighted by molar-refractivity contribution is 5.99. The first-order valence-corrected chi connectivity index (χ1v) is 6.38. The molecule has 2 aromatic rings. The van der Waals surface area contributed by atoms with E-state index in [-0.39, 0.29) is 11.7 Å². The number of para-hydroxylation sites is 1. The third-order valence-corrected chi connectivity index (χ3v) is 3.08. The van der Waals surface area contributed by atoms with E-state index in [1.807, 2.05) is 18.2 Å². The van der Waals surface area contributed by atoms with Crippen LogP contribution in [0.2, 0.25) is 0 Å². The molecule has 0 atom stereocenters. The van der Waals surface area contributed by atoms with Gasteiger partial charge in [0.05, 0.1) is 5.56 Å². The van der Waals surface area contributed by atoms with E-state index in [9.17, 15) is 9.18 Å². The standard InChI is InChI=1S/C16H17FN2O/c1-18-15-9-4-3-8-14(15)16(20)19(2)11-12-6-5-7-13(17)10-12/h3-10,18H,11H2,1-2H3. The number of benzene rings is 2. The molecule has 0 fully saturated rings. The van der Waals surface area contributed by atoms with Crippen LogP contribution >= 0.6 is 0 Å². The van der Waals surface area contributed by atoms with E-state index >= 15 is 0 Å². The number of anilines is 1. The molecule has 0 aliphatic carbocycles. The number of rotatable bonds is 4. The molecule has 0 radical (unpaired) electrons. The Labute approximate surface area is 118 Å². The number of carbonyl (C=O) groups excluding carboxylic acids is 1. The van der Waals surface area contributed by atoms with Gasteiger partial charge in [-0.3, -0.25) is 4.79 Å². The largest absolute Gasteiger partial charge is 0.387 e. The zero-order valence-electron chi connectivity index (χ0n) is 11.6. The highest BCUT2D eigenvalue weighted by Gasteiger charge is 2.15. The Balaban J connectivity index is 2.16. The topological polar surface area (TPSA) is 32.3 Å². The third-order valence-electron chi connectivity index (χ3n) is 3.08. The fourth-order valence-corrected chi connectivity index (χ4v) is 2.07. The second-order valence-corrected chi connectivity index (χ2v) is 4.59. The zero-order valence-corrected chi connectivity index (χ0v) is 11.6. The molecule has 2 rings (SSSR count). The van der Waals surface area contributed by atoms with Crippen LogP contribution in [-0.4, -0.2) is 24.9 Å². The Morgan fingerprint density at radius 2 is 1.95 bits per heavy atom. The van der Waals surface area contributed by atoms with Gasteiger partial charge in [0.25, 0.3) is 5.91 Å². The van der Waals surface area contributed by atoms with Crippen molar-refractivity contribution in [1.82, 2.24) is 4.90 Å². The molecular weight excluding hydrogens is 255 g/mol. The molecule has 0 heterocycles. The van der Waals surface area contributed by atoms with E-state index in [1.54, 1.807) is 37.2 Å². The van der Waals surface area contributed by atoms with Gasteiger partial charge in [0.15, 0.2) is 0 Å². The molecular formula is C16H17FN2O. The van der Waals surface area contributed by atoms with E-state index in [0.717, 1.165) is 11.3 Å². The Kier molecular flexibility index (Phi) is 4.35. The lowest BCUT2D eigenvalue weighted by molar-refractivity contribution is 0.0786. The summed E-state index contributed by atoms with van der Waals surface area (Å²) in [7, 11) is 3.48. The Bertz CT molecular complexity index is 613. The zero-order chi connectivity index (χ0) is 14.5. The van der Waals surface area contributed by atoms with E-state index in [0.29, 0.717) is 12.1 Å².